The molecule has 0 rings (SSSR count). The summed E-state index contributed by atoms with van der Waals surface area (Å²) in [4.78, 5) is 0. The molecule has 10 heavy (non-hydrogen) atoms. The molecule has 0 nitrogen and oxygen atoms in total. The molecule has 0 bridgehead atoms. The number of hydrogen-bond acceptors (Lipinski definition) is 0. The van der Waals surface area contributed by atoms with Gasteiger partial charge in [-0.1, -0.05) is 0 Å². The van der Waals surface area contributed by atoms with Gasteiger partial charge in [0, 0.05) is 0 Å². The van der Waals surface area contributed by atoms with E-state index in [1.807, 2.05) is 0 Å². The third-order valence-corrected chi connectivity index (χ3v) is 15.9. The fourth-order valence-corrected chi connectivity index (χ4v) is 12.6. The molecule has 0 aromatic rings. The molecular formula is C9H21Pb. The molecule has 0 aromatic carbocycles. The van der Waals surface area contributed by atoms with E-state index in [0.29, 0.717) is 0 Å². The Morgan fingerprint density at radius 2 is 1.00 bits per heavy atom. The first-order chi connectivity index (χ1) is 4.85. The van der Waals surface area contributed by atoms with Crippen molar-refractivity contribution in [3.63, 3.8) is 0 Å². The Labute approximate surface area is 74.5 Å². The molecule has 0 saturated carbocycles. The SMILES string of the molecule is CC[CH2][Pb]([CH2]CC)[CH2]CC. The molecule has 1 radical (unpaired) electrons. The molecule has 0 atom stereocenters. The van der Waals surface area contributed by atoms with Gasteiger partial charge in [0.1, 0.15) is 0 Å². The molecule has 0 unspecified atom stereocenters. The van der Waals surface area contributed by atoms with Gasteiger partial charge in [-0.2, -0.15) is 0 Å². The third kappa shape index (κ3) is 5.69. The van der Waals surface area contributed by atoms with Crippen LogP contribution in [-0.4, -0.2) is 22.7 Å². The van der Waals surface area contributed by atoms with E-state index in [2.05, 4.69) is 20.8 Å². The summed E-state index contributed by atoms with van der Waals surface area (Å²) < 4.78 is 4.98. The predicted molar refractivity (Wildman–Crippen MR) is 51.0 cm³/mol. The predicted octanol–water partition coefficient (Wildman–Crippen LogP) is 3.71. The molecule has 61 valence electrons. The summed E-state index contributed by atoms with van der Waals surface area (Å²) in [6.45, 7) is 7.03. The van der Waals surface area contributed by atoms with Gasteiger partial charge < -0.3 is 0 Å². The molecule has 0 spiro atoms. The second-order valence-corrected chi connectivity index (χ2v) is 14.7. The Kier molecular flexibility index (Phi) is 8.76. The van der Waals surface area contributed by atoms with Gasteiger partial charge in [-0.3, -0.25) is 0 Å². The Bertz CT molecular complexity index is 47.5. The van der Waals surface area contributed by atoms with E-state index in [0.717, 1.165) is 0 Å². The van der Waals surface area contributed by atoms with Crippen LogP contribution in [0.4, 0.5) is 0 Å². The van der Waals surface area contributed by atoms with Crippen LogP contribution in [0.1, 0.15) is 40.0 Å². The van der Waals surface area contributed by atoms with Crippen LogP contribution in [-0.2, 0) is 0 Å². The molecule has 0 aliphatic rings. The van der Waals surface area contributed by atoms with E-state index >= 15 is 0 Å². The van der Waals surface area contributed by atoms with Crippen molar-refractivity contribution in [2.45, 2.75) is 52.0 Å². The summed E-state index contributed by atoms with van der Waals surface area (Å²) in [5.74, 6) is 0. The van der Waals surface area contributed by atoms with Gasteiger partial charge in [0.05, 0.1) is 0 Å². The van der Waals surface area contributed by atoms with Crippen molar-refractivity contribution in [1.29, 1.82) is 0 Å². The van der Waals surface area contributed by atoms with Crippen molar-refractivity contribution in [3.8, 4) is 0 Å². The van der Waals surface area contributed by atoms with Crippen molar-refractivity contribution in [2.75, 3.05) is 0 Å². The summed E-state index contributed by atoms with van der Waals surface area (Å²) >= 11 is -0.907. The van der Waals surface area contributed by atoms with Gasteiger partial charge in [-0.25, -0.2) is 0 Å². The maximum atomic E-state index is 2.34. The molecular weight excluding hydrogens is 315 g/mol. The van der Waals surface area contributed by atoms with Gasteiger partial charge >= 0.3 is 74.7 Å². The fourth-order valence-electron chi connectivity index (χ4n) is 1.44. The van der Waals surface area contributed by atoms with Gasteiger partial charge in [0.15, 0.2) is 0 Å². The molecule has 0 heterocycles. The topological polar surface area (TPSA) is 0 Å². The Balaban J connectivity index is 3.30. The average molecular weight is 336 g/mol. The first-order valence-corrected chi connectivity index (χ1v) is 12.9. The van der Waals surface area contributed by atoms with Crippen LogP contribution in [0.5, 0.6) is 0 Å². The van der Waals surface area contributed by atoms with Crippen LogP contribution >= 0.6 is 0 Å². The minimum absolute atomic E-state index is 0.907. The first kappa shape index (κ1) is 10.9. The quantitative estimate of drug-likeness (QED) is 0.649. The summed E-state index contributed by atoms with van der Waals surface area (Å²) in [7, 11) is 0. The molecule has 0 aliphatic carbocycles. The van der Waals surface area contributed by atoms with Crippen molar-refractivity contribution in [1.82, 2.24) is 0 Å². The van der Waals surface area contributed by atoms with Crippen LogP contribution in [0.2, 0.25) is 11.9 Å². The third-order valence-electron chi connectivity index (χ3n) is 1.81. The summed E-state index contributed by atoms with van der Waals surface area (Å²) in [6.07, 6.45) is 4.38. The zero-order chi connectivity index (χ0) is 7.82. The standard InChI is InChI=1S/3C3H7.Pb/c3*1-3-2;/h3*1,3H2,2H3;. The second-order valence-electron chi connectivity index (χ2n) is 3.00. The molecule has 0 N–H and O–H groups in total. The maximum absolute atomic E-state index is 2.34. The Morgan fingerprint density at radius 1 is 0.700 bits per heavy atom. The van der Waals surface area contributed by atoms with E-state index in [4.69, 9.17) is 0 Å². The molecule has 0 fully saturated rings. The first-order valence-electron chi connectivity index (χ1n) is 4.68. The molecule has 0 aliphatic heterocycles. The monoisotopic (exact) mass is 337 g/mol. The van der Waals surface area contributed by atoms with Gasteiger partial charge in [-0.15, -0.1) is 0 Å². The van der Waals surface area contributed by atoms with Crippen LogP contribution in [0, 0.1) is 0 Å². The second kappa shape index (κ2) is 8.02. The zero-order valence-corrected chi connectivity index (χ0v) is 11.6. The molecule has 0 saturated heterocycles. The van der Waals surface area contributed by atoms with Crippen molar-refractivity contribution < 1.29 is 0 Å². The van der Waals surface area contributed by atoms with Crippen molar-refractivity contribution in [3.05, 3.63) is 0 Å². The Morgan fingerprint density at radius 3 is 1.20 bits per heavy atom. The number of hydrogen-bond donors (Lipinski definition) is 0. The normalized spacial score (nSPS) is 10.8. The molecule has 1 heteroatoms. The van der Waals surface area contributed by atoms with Gasteiger partial charge in [0.25, 0.3) is 0 Å². The van der Waals surface area contributed by atoms with Crippen molar-refractivity contribution in [2.24, 2.45) is 0 Å². The average Bonchev–Trinajstić information content (AvgIpc) is 1.90. The summed E-state index contributed by atoms with van der Waals surface area (Å²) in [5.41, 5.74) is 0. The van der Waals surface area contributed by atoms with E-state index in [1.54, 1.807) is 11.9 Å². The van der Waals surface area contributed by atoms with Crippen LogP contribution < -0.4 is 0 Å². The molecule has 0 aromatic heterocycles. The van der Waals surface area contributed by atoms with E-state index in [9.17, 15) is 0 Å². The van der Waals surface area contributed by atoms with Crippen LogP contribution in [0.15, 0.2) is 0 Å². The zero-order valence-electron chi connectivity index (χ0n) is 7.74. The van der Waals surface area contributed by atoms with E-state index in [-0.39, 0.29) is 0 Å². The van der Waals surface area contributed by atoms with Crippen LogP contribution in [0.3, 0.4) is 0 Å². The molecule has 0 amide bonds. The van der Waals surface area contributed by atoms with Gasteiger partial charge in [-0.05, 0) is 0 Å². The Hall–Kier alpha value is 0.922. The number of rotatable bonds is 6. The van der Waals surface area contributed by atoms with E-state index in [1.165, 1.54) is 19.3 Å². The summed E-state index contributed by atoms with van der Waals surface area (Å²) in [5, 5.41) is 0. The van der Waals surface area contributed by atoms with Crippen molar-refractivity contribution >= 4 is 22.7 Å². The van der Waals surface area contributed by atoms with Crippen LogP contribution in [0.25, 0.3) is 0 Å². The van der Waals surface area contributed by atoms with E-state index < -0.39 is 22.7 Å². The van der Waals surface area contributed by atoms with Gasteiger partial charge in [0.2, 0.25) is 0 Å². The summed E-state index contributed by atoms with van der Waals surface area (Å²) in [6, 6.07) is 0. The minimum atomic E-state index is -0.907. The fraction of sp³-hybridized carbons (Fsp3) is 1.00.